The number of rotatable bonds is 8. The molecule has 0 saturated heterocycles. The fourth-order valence-corrected chi connectivity index (χ4v) is 1.98. The highest BCUT2D eigenvalue weighted by atomic mass is 16.5. The molecule has 2 amide bonds. The fraction of sp³-hybridized carbons (Fsp3) is 0.467. The molecule has 21 heavy (non-hydrogen) atoms. The summed E-state index contributed by atoms with van der Waals surface area (Å²) in [5, 5.41) is 0. The van der Waals surface area contributed by atoms with Crippen LogP contribution < -0.4 is 11.5 Å². The van der Waals surface area contributed by atoms with Gasteiger partial charge in [-0.05, 0) is 30.5 Å². The molecule has 0 fully saturated rings. The third kappa shape index (κ3) is 5.53. The van der Waals surface area contributed by atoms with E-state index in [0.717, 1.165) is 12.0 Å². The molecule has 0 aliphatic heterocycles. The number of ether oxygens (including phenoxy) is 1. The third-order valence-corrected chi connectivity index (χ3v) is 3.22. The minimum atomic E-state index is -0.518. The lowest BCUT2D eigenvalue weighted by atomic mass is 10.1. The molecular formula is C15H23N3O3. The molecule has 4 N–H and O–H groups in total. The van der Waals surface area contributed by atoms with Gasteiger partial charge in [-0.3, -0.25) is 9.59 Å². The van der Waals surface area contributed by atoms with Crippen LogP contribution in [-0.4, -0.2) is 43.5 Å². The number of nitrogens with two attached hydrogens (primary N) is 2. The molecule has 1 aromatic carbocycles. The normalized spacial score (nSPS) is 12.0. The zero-order valence-electron chi connectivity index (χ0n) is 12.5. The molecular weight excluding hydrogens is 270 g/mol. The molecule has 1 unspecified atom stereocenters. The Morgan fingerprint density at radius 1 is 1.29 bits per heavy atom. The molecule has 0 spiro atoms. The first-order valence-electron chi connectivity index (χ1n) is 6.84. The minimum absolute atomic E-state index is 0.106. The van der Waals surface area contributed by atoms with Crippen LogP contribution in [0.2, 0.25) is 0 Å². The lowest BCUT2D eigenvalue weighted by molar-refractivity contribution is -0.132. The number of carbonyl (C=O) groups is 2. The van der Waals surface area contributed by atoms with Gasteiger partial charge in [0.1, 0.15) is 0 Å². The van der Waals surface area contributed by atoms with Crippen LogP contribution >= 0.6 is 0 Å². The van der Waals surface area contributed by atoms with Crippen LogP contribution in [0.5, 0.6) is 0 Å². The first-order chi connectivity index (χ1) is 9.95. The van der Waals surface area contributed by atoms with Crippen LogP contribution in [0.15, 0.2) is 24.3 Å². The topological polar surface area (TPSA) is 98.7 Å². The Morgan fingerprint density at radius 2 is 1.90 bits per heavy atom. The summed E-state index contributed by atoms with van der Waals surface area (Å²) in [5.74, 6) is -0.573. The van der Waals surface area contributed by atoms with Crippen molar-refractivity contribution in [2.24, 2.45) is 11.5 Å². The van der Waals surface area contributed by atoms with E-state index < -0.39 is 11.9 Å². The lowest BCUT2D eigenvalue weighted by Crippen LogP contribution is -2.41. The van der Waals surface area contributed by atoms with Gasteiger partial charge in [-0.25, -0.2) is 0 Å². The van der Waals surface area contributed by atoms with Gasteiger partial charge in [0, 0.05) is 32.9 Å². The minimum Gasteiger partial charge on any atom is -0.385 e. The van der Waals surface area contributed by atoms with Crippen molar-refractivity contribution in [3.05, 3.63) is 35.4 Å². The molecule has 1 atom stereocenters. The Hall–Kier alpha value is -1.92. The standard InChI is InChI=1S/C15H23N3O3/c1-18(15(20)13(16)4-3-9-21-2)10-11-5-7-12(8-6-11)14(17)19/h5-8,13H,3-4,9-10,16H2,1-2H3,(H2,17,19). The number of hydrogen-bond donors (Lipinski definition) is 2. The van der Waals surface area contributed by atoms with E-state index in [2.05, 4.69) is 0 Å². The van der Waals surface area contributed by atoms with Crippen molar-refractivity contribution in [3.63, 3.8) is 0 Å². The summed E-state index contributed by atoms with van der Waals surface area (Å²) in [6.07, 6.45) is 1.35. The molecule has 0 saturated carbocycles. The maximum atomic E-state index is 12.1. The maximum Gasteiger partial charge on any atom is 0.248 e. The van der Waals surface area contributed by atoms with Crippen molar-refractivity contribution < 1.29 is 14.3 Å². The van der Waals surface area contributed by atoms with Crippen molar-refractivity contribution in [2.45, 2.75) is 25.4 Å². The van der Waals surface area contributed by atoms with Crippen molar-refractivity contribution in [3.8, 4) is 0 Å². The SMILES string of the molecule is COCCCC(N)C(=O)N(C)Cc1ccc(C(N)=O)cc1. The van der Waals surface area contributed by atoms with Crippen molar-refractivity contribution in [1.29, 1.82) is 0 Å². The number of methoxy groups -OCH3 is 1. The predicted molar refractivity (Wildman–Crippen MR) is 80.5 cm³/mol. The van der Waals surface area contributed by atoms with Crippen LogP contribution in [0.3, 0.4) is 0 Å². The van der Waals surface area contributed by atoms with Gasteiger partial charge in [0.15, 0.2) is 0 Å². The highest BCUT2D eigenvalue weighted by molar-refractivity contribution is 5.92. The molecule has 6 heteroatoms. The van der Waals surface area contributed by atoms with Gasteiger partial charge >= 0.3 is 0 Å². The molecule has 0 heterocycles. The maximum absolute atomic E-state index is 12.1. The summed E-state index contributed by atoms with van der Waals surface area (Å²) in [6.45, 7) is 1.04. The van der Waals surface area contributed by atoms with E-state index in [-0.39, 0.29) is 5.91 Å². The summed E-state index contributed by atoms with van der Waals surface area (Å²) in [7, 11) is 3.33. The summed E-state index contributed by atoms with van der Waals surface area (Å²) in [6, 6.07) is 6.33. The average Bonchev–Trinajstić information content (AvgIpc) is 2.47. The summed E-state index contributed by atoms with van der Waals surface area (Å²) in [4.78, 5) is 24.7. The smallest absolute Gasteiger partial charge is 0.248 e. The lowest BCUT2D eigenvalue weighted by Gasteiger charge is -2.21. The monoisotopic (exact) mass is 293 g/mol. The molecule has 1 rings (SSSR count). The van der Waals surface area contributed by atoms with Crippen molar-refractivity contribution in [2.75, 3.05) is 20.8 Å². The van der Waals surface area contributed by atoms with Crippen LogP contribution in [0.25, 0.3) is 0 Å². The second kappa shape index (κ2) is 8.39. The molecule has 1 aromatic rings. The van der Waals surface area contributed by atoms with Gasteiger partial charge in [0.2, 0.25) is 11.8 Å². The van der Waals surface area contributed by atoms with E-state index in [4.69, 9.17) is 16.2 Å². The van der Waals surface area contributed by atoms with Gasteiger partial charge in [0.25, 0.3) is 0 Å². The summed E-state index contributed by atoms with van der Waals surface area (Å²) >= 11 is 0. The number of amides is 2. The van der Waals surface area contributed by atoms with E-state index in [1.807, 2.05) is 0 Å². The highest BCUT2D eigenvalue weighted by Gasteiger charge is 2.17. The molecule has 0 aromatic heterocycles. The zero-order valence-corrected chi connectivity index (χ0v) is 12.5. The average molecular weight is 293 g/mol. The summed E-state index contributed by atoms with van der Waals surface area (Å²) in [5.41, 5.74) is 12.4. The number of benzene rings is 1. The Bertz CT molecular complexity index is 474. The summed E-state index contributed by atoms with van der Waals surface area (Å²) < 4.78 is 4.94. The van der Waals surface area contributed by atoms with E-state index >= 15 is 0 Å². The Balaban J connectivity index is 2.53. The van der Waals surface area contributed by atoms with Gasteiger partial charge in [0.05, 0.1) is 6.04 Å². The highest BCUT2D eigenvalue weighted by Crippen LogP contribution is 2.08. The second-order valence-electron chi connectivity index (χ2n) is 5.00. The molecule has 0 aliphatic carbocycles. The van der Waals surface area contributed by atoms with Crippen LogP contribution in [0.1, 0.15) is 28.8 Å². The molecule has 0 radical (unpaired) electrons. The van der Waals surface area contributed by atoms with Gasteiger partial charge in [-0.15, -0.1) is 0 Å². The number of hydrogen-bond acceptors (Lipinski definition) is 4. The van der Waals surface area contributed by atoms with E-state index in [1.54, 1.807) is 43.3 Å². The number of primary amides is 1. The Kier molecular flexibility index (Phi) is 6.84. The van der Waals surface area contributed by atoms with Gasteiger partial charge in [-0.1, -0.05) is 12.1 Å². The van der Waals surface area contributed by atoms with Crippen LogP contribution in [0.4, 0.5) is 0 Å². The first-order valence-corrected chi connectivity index (χ1v) is 6.84. The number of nitrogens with zero attached hydrogens (tertiary/aromatic N) is 1. The van der Waals surface area contributed by atoms with Crippen molar-refractivity contribution in [1.82, 2.24) is 4.90 Å². The molecule has 0 bridgehead atoms. The predicted octanol–water partition coefficient (Wildman–Crippen LogP) is 0.498. The van der Waals surface area contributed by atoms with Gasteiger partial charge in [-0.2, -0.15) is 0 Å². The Morgan fingerprint density at radius 3 is 2.43 bits per heavy atom. The molecule has 6 nitrogen and oxygen atoms in total. The number of carbonyl (C=O) groups excluding carboxylic acids is 2. The third-order valence-electron chi connectivity index (χ3n) is 3.22. The quantitative estimate of drug-likeness (QED) is 0.682. The Labute approximate surface area is 125 Å². The van der Waals surface area contributed by atoms with E-state index in [1.165, 1.54) is 0 Å². The van der Waals surface area contributed by atoms with Crippen LogP contribution in [-0.2, 0) is 16.1 Å². The first kappa shape index (κ1) is 17.1. The zero-order chi connectivity index (χ0) is 15.8. The van der Waals surface area contributed by atoms with Crippen molar-refractivity contribution >= 4 is 11.8 Å². The van der Waals surface area contributed by atoms with E-state index in [9.17, 15) is 9.59 Å². The largest absolute Gasteiger partial charge is 0.385 e. The molecule has 0 aliphatic rings. The van der Waals surface area contributed by atoms with E-state index in [0.29, 0.717) is 25.1 Å². The number of likely N-dealkylation sites (N-methyl/N-ethyl adjacent to an activating group) is 1. The fourth-order valence-electron chi connectivity index (χ4n) is 1.98. The second-order valence-corrected chi connectivity index (χ2v) is 5.00. The van der Waals surface area contributed by atoms with Gasteiger partial charge < -0.3 is 21.1 Å². The van der Waals surface area contributed by atoms with Crippen LogP contribution in [0, 0.1) is 0 Å². The molecule has 116 valence electrons.